The summed E-state index contributed by atoms with van der Waals surface area (Å²) in [6.07, 6.45) is -0.146. The summed E-state index contributed by atoms with van der Waals surface area (Å²) in [5, 5.41) is 6.81. The van der Waals surface area contributed by atoms with Gasteiger partial charge >= 0.3 is 11.8 Å². The van der Waals surface area contributed by atoms with Gasteiger partial charge in [-0.05, 0) is 5.56 Å². The van der Waals surface area contributed by atoms with E-state index < -0.39 is 23.8 Å². The minimum Gasteiger partial charge on any atom is -0.467 e. The van der Waals surface area contributed by atoms with Crippen molar-refractivity contribution in [3.05, 3.63) is 35.9 Å². The molecule has 134 valence electrons. The van der Waals surface area contributed by atoms with Crippen LogP contribution in [0.25, 0.3) is 0 Å². The molecular formula is C17H20N2O6. The summed E-state index contributed by atoms with van der Waals surface area (Å²) < 4.78 is 15.3. The molecule has 3 unspecified atom stereocenters. The zero-order chi connectivity index (χ0) is 17.9. The Bertz CT molecular complexity index is 677. The van der Waals surface area contributed by atoms with E-state index in [1.54, 1.807) is 0 Å². The van der Waals surface area contributed by atoms with Gasteiger partial charge in [0.25, 0.3) is 5.91 Å². The van der Waals surface area contributed by atoms with Crippen LogP contribution in [0.1, 0.15) is 18.4 Å². The largest absolute Gasteiger partial charge is 0.467 e. The minimum atomic E-state index is -1.52. The average Bonchev–Trinajstić information content (AvgIpc) is 3.29. The molecule has 1 saturated heterocycles. The van der Waals surface area contributed by atoms with Crippen molar-refractivity contribution in [1.29, 1.82) is 0 Å². The summed E-state index contributed by atoms with van der Waals surface area (Å²) in [6.45, 7) is 0.220. The molecule has 25 heavy (non-hydrogen) atoms. The van der Waals surface area contributed by atoms with Gasteiger partial charge < -0.3 is 24.4 Å². The lowest BCUT2D eigenvalue weighted by Crippen LogP contribution is -2.52. The standard InChI is InChI=1S/C17H20N2O6/c1-22-15(20)14-8-12(10-24-14)18-16(21)17(23-2)9-13(19-25-17)11-6-4-3-5-7-11/h3-7,12,14H,8-10H2,1-2H3,(H,18,21). The van der Waals surface area contributed by atoms with E-state index >= 15 is 0 Å². The molecule has 0 aromatic heterocycles. The SMILES string of the molecule is COC(=O)C1CC(NC(=O)C2(OC)CC(c3ccccc3)=NO2)CO1. The zero-order valence-electron chi connectivity index (χ0n) is 14.1. The molecule has 1 N–H and O–H groups in total. The molecular weight excluding hydrogens is 328 g/mol. The number of carbonyl (C=O) groups excluding carboxylic acids is 2. The van der Waals surface area contributed by atoms with E-state index in [2.05, 4.69) is 15.2 Å². The lowest BCUT2D eigenvalue weighted by atomic mass is 10.0. The maximum Gasteiger partial charge on any atom is 0.335 e. The van der Waals surface area contributed by atoms with Gasteiger partial charge in [0.1, 0.15) is 0 Å². The van der Waals surface area contributed by atoms with Gasteiger partial charge in [-0.3, -0.25) is 4.79 Å². The number of nitrogens with zero attached hydrogens (tertiary/aromatic N) is 1. The molecule has 2 aliphatic rings. The Balaban J connectivity index is 1.62. The van der Waals surface area contributed by atoms with Gasteiger partial charge in [-0.25, -0.2) is 4.79 Å². The van der Waals surface area contributed by atoms with E-state index in [-0.39, 0.29) is 19.1 Å². The third kappa shape index (κ3) is 3.49. The van der Waals surface area contributed by atoms with Crippen molar-refractivity contribution in [3.63, 3.8) is 0 Å². The van der Waals surface area contributed by atoms with E-state index in [4.69, 9.17) is 14.3 Å². The van der Waals surface area contributed by atoms with Crippen molar-refractivity contribution in [1.82, 2.24) is 5.32 Å². The number of hydrogen-bond donors (Lipinski definition) is 1. The Hall–Kier alpha value is -2.45. The highest BCUT2D eigenvalue weighted by molar-refractivity contribution is 6.05. The van der Waals surface area contributed by atoms with Crippen LogP contribution in [0.3, 0.4) is 0 Å². The Labute approximate surface area is 145 Å². The second-order valence-electron chi connectivity index (χ2n) is 5.88. The maximum absolute atomic E-state index is 12.7. The van der Waals surface area contributed by atoms with Gasteiger partial charge in [-0.1, -0.05) is 35.5 Å². The molecule has 1 amide bonds. The van der Waals surface area contributed by atoms with E-state index in [9.17, 15) is 9.59 Å². The van der Waals surface area contributed by atoms with Crippen molar-refractivity contribution < 1.29 is 28.6 Å². The first-order valence-electron chi connectivity index (χ1n) is 7.94. The van der Waals surface area contributed by atoms with Crippen molar-refractivity contribution in [2.45, 2.75) is 30.8 Å². The Morgan fingerprint density at radius 2 is 2.04 bits per heavy atom. The first-order valence-corrected chi connectivity index (χ1v) is 7.94. The van der Waals surface area contributed by atoms with Crippen LogP contribution in [0.15, 0.2) is 35.5 Å². The summed E-state index contributed by atoms with van der Waals surface area (Å²) in [6, 6.07) is 9.11. The maximum atomic E-state index is 12.7. The number of oxime groups is 1. The lowest BCUT2D eigenvalue weighted by molar-refractivity contribution is -0.209. The Morgan fingerprint density at radius 1 is 1.28 bits per heavy atom. The molecule has 0 aliphatic carbocycles. The van der Waals surface area contributed by atoms with Gasteiger partial charge in [-0.15, -0.1) is 0 Å². The van der Waals surface area contributed by atoms with Crippen LogP contribution in [0.4, 0.5) is 0 Å². The number of benzene rings is 1. The normalized spacial score (nSPS) is 28.2. The average molecular weight is 348 g/mol. The Morgan fingerprint density at radius 3 is 2.72 bits per heavy atom. The van der Waals surface area contributed by atoms with Crippen LogP contribution in [0, 0.1) is 0 Å². The zero-order valence-corrected chi connectivity index (χ0v) is 14.1. The highest BCUT2D eigenvalue weighted by Gasteiger charge is 2.48. The summed E-state index contributed by atoms with van der Waals surface area (Å²) >= 11 is 0. The molecule has 8 heteroatoms. The van der Waals surface area contributed by atoms with E-state index in [0.717, 1.165) is 5.56 Å². The lowest BCUT2D eigenvalue weighted by Gasteiger charge is -2.25. The third-order valence-electron chi connectivity index (χ3n) is 4.28. The number of ether oxygens (including phenoxy) is 3. The molecule has 8 nitrogen and oxygen atoms in total. The van der Waals surface area contributed by atoms with E-state index in [1.807, 2.05) is 30.3 Å². The fraction of sp³-hybridized carbons (Fsp3) is 0.471. The fourth-order valence-electron chi connectivity index (χ4n) is 2.84. The quantitative estimate of drug-likeness (QED) is 0.783. The van der Waals surface area contributed by atoms with Crippen LogP contribution < -0.4 is 5.32 Å². The van der Waals surface area contributed by atoms with Crippen molar-refractivity contribution >= 4 is 17.6 Å². The number of rotatable bonds is 5. The summed E-state index contributed by atoms with van der Waals surface area (Å²) in [5.74, 6) is -2.43. The third-order valence-corrected chi connectivity index (χ3v) is 4.28. The number of nitrogens with one attached hydrogen (secondary N) is 1. The molecule has 0 bridgehead atoms. The summed E-state index contributed by atoms with van der Waals surface area (Å²) in [5.41, 5.74) is 1.50. The van der Waals surface area contributed by atoms with E-state index in [0.29, 0.717) is 12.1 Å². The molecule has 0 spiro atoms. The number of carbonyl (C=O) groups is 2. The molecule has 1 fully saturated rings. The topological polar surface area (TPSA) is 95.5 Å². The molecule has 1 aromatic rings. The molecule has 2 aliphatic heterocycles. The molecule has 2 heterocycles. The van der Waals surface area contributed by atoms with Crippen LogP contribution in [-0.4, -0.2) is 56.3 Å². The van der Waals surface area contributed by atoms with Gasteiger partial charge in [0.05, 0.1) is 31.9 Å². The van der Waals surface area contributed by atoms with Crippen molar-refractivity contribution in [2.75, 3.05) is 20.8 Å². The van der Waals surface area contributed by atoms with E-state index in [1.165, 1.54) is 14.2 Å². The number of esters is 1. The van der Waals surface area contributed by atoms with Crippen LogP contribution in [0.2, 0.25) is 0 Å². The Kier molecular flexibility index (Phi) is 5.00. The molecule has 0 radical (unpaired) electrons. The fourth-order valence-corrected chi connectivity index (χ4v) is 2.84. The highest BCUT2D eigenvalue weighted by Crippen LogP contribution is 2.28. The number of methoxy groups -OCH3 is 2. The first kappa shape index (κ1) is 17.4. The van der Waals surface area contributed by atoms with Gasteiger partial charge in [0, 0.05) is 13.5 Å². The van der Waals surface area contributed by atoms with Crippen molar-refractivity contribution in [3.8, 4) is 0 Å². The van der Waals surface area contributed by atoms with Gasteiger partial charge in [0.2, 0.25) is 0 Å². The predicted molar refractivity (Wildman–Crippen MR) is 86.7 cm³/mol. The first-order chi connectivity index (χ1) is 12.1. The molecule has 0 saturated carbocycles. The number of hydrogen-bond acceptors (Lipinski definition) is 7. The predicted octanol–water partition coefficient (Wildman–Crippen LogP) is 0.600. The summed E-state index contributed by atoms with van der Waals surface area (Å²) in [4.78, 5) is 29.5. The van der Waals surface area contributed by atoms with Gasteiger partial charge in [0.15, 0.2) is 6.10 Å². The monoisotopic (exact) mass is 348 g/mol. The summed E-state index contributed by atoms with van der Waals surface area (Å²) in [7, 11) is 2.69. The highest BCUT2D eigenvalue weighted by atomic mass is 16.8. The molecule has 3 atom stereocenters. The second kappa shape index (κ2) is 7.20. The van der Waals surface area contributed by atoms with Crippen LogP contribution >= 0.6 is 0 Å². The van der Waals surface area contributed by atoms with Crippen LogP contribution in [0.5, 0.6) is 0 Å². The van der Waals surface area contributed by atoms with Crippen LogP contribution in [-0.2, 0) is 28.6 Å². The molecule has 3 rings (SSSR count). The number of amides is 1. The molecule has 1 aromatic carbocycles. The minimum absolute atomic E-state index is 0.188. The second-order valence-corrected chi connectivity index (χ2v) is 5.88. The van der Waals surface area contributed by atoms with Crippen molar-refractivity contribution in [2.24, 2.45) is 5.16 Å². The smallest absolute Gasteiger partial charge is 0.335 e. The van der Waals surface area contributed by atoms with Gasteiger partial charge in [-0.2, -0.15) is 0 Å².